The minimum atomic E-state index is -0.389. The Labute approximate surface area is 169 Å². The van der Waals surface area contributed by atoms with Crippen molar-refractivity contribution in [2.45, 2.75) is 16.5 Å². The second-order valence-corrected chi connectivity index (χ2v) is 8.59. The molecule has 0 aliphatic heterocycles. The summed E-state index contributed by atoms with van der Waals surface area (Å²) in [5.74, 6) is -0.210. The van der Waals surface area contributed by atoms with Crippen LogP contribution in [-0.4, -0.2) is 21.4 Å². The molecule has 26 heavy (non-hydrogen) atoms. The number of carbonyl (C=O) groups is 1. The van der Waals surface area contributed by atoms with E-state index in [1.54, 1.807) is 25.1 Å². The van der Waals surface area contributed by atoms with Crippen molar-refractivity contribution in [3.8, 4) is 0 Å². The number of amides is 1. The molecular formula is C17H14Cl2N4OS2. The van der Waals surface area contributed by atoms with Crippen LogP contribution in [0, 0.1) is 0 Å². The number of halogens is 2. The average molecular weight is 425 g/mol. The van der Waals surface area contributed by atoms with Gasteiger partial charge in [-0.25, -0.2) is 0 Å². The van der Waals surface area contributed by atoms with E-state index in [-0.39, 0.29) is 11.2 Å². The number of nitrogens with one attached hydrogen (secondary N) is 2. The number of rotatable bonds is 6. The fourth-order valence-corrected chi connectivity index (χ4v) is 4.41. The summed E-state index contributed by atoms with van der Waals surface area (Å²) in [5.41, 5.74) is 1.34. The van der Waals surface area contributed by atoms with Gasteiger partial charge in [-0.3, -0.25) is 4.79 Å². The van der Waals surface area contributed by atoms with Gasteiger partial charge in [0, 0.05) is 5.69 Å². The zero-order chi connectivity index (χ0) is 18.5. The topological polar surface area (TPSA) is 66.9 Å². The first-order valence-electron chi connectivity index (χ1n) is 7.60. The molecule has 0 aliphatic carbocycles. The van der Waals surface area contributed by atoms with E-state index < -0.39 is 0 Å². The highest BCUT2D eigenvalue weighted by Gasteiger charge is 2.19. The molecule has 1 aromatic heterocycles. The third-order valence-corrected chi connectivity index (χ3v) is 5.94. The van der Waals surface area contributed by atoms with Crippen LogP contribution < -0.4 is 10.6 Å². The van der Waals surface area contributed by atoms with Gasteiger partial charge in [0.15, 0.2) is 4.34 Å². The van der Waals surface area contributed by atoms with Crippen molar-refractivity contribution in [2.75, 3.05) is 10.6 Å². The van der Waals surface area contributed by atoms with Gasteiger partial charge in [-0.2, -0.15) is 0 Å². The van der Waals surface area contributed by atoms with Gasteiger partial charge in [0.05, 0.1) is 21.0 Å². The Morgan fingerprint density at radius 3 is 2.46 bits per heavy atom. The fraction of sp³-hybridized carbons (Fsp3) is 0.118. The summed E-state index contributed by atoms with van der Waals surface area (Å²) >= 11 is 14.9. The maximum Gasteiger partial charge on any atom is 0.237 e. The molecule has 0 saturated carbocycles. The zero-order valence-electron chi connectivity index (χ0n) is 13.6. The quantitative estimate of drug-likeness (QED) is 0.496. The van der Waals surface area contributed by atoms with Gasteiger partial charge < -0.3 is 10.6 Å². The number of para-hydroxylation sites is 2. The normalized spacial score (nSPS) is 11.8. The van der Waals surface area contributed by atoms with Gasteiger partial charge in [0.25, 0.3) is 0 Å². The zero-order valence-corrected chi connectivity index (χ0v) is 16.7. The minimum Gasteiger partial charge on any atom is -0.330 e. The first-order chi connectivity index (χ1) is 12.5. The molecule has 0 aliphatic rings. The number of anilines is 3. The van der Waals surface area contributed by atoms with E-state index in [4.69, 9.17) is 23.2 Å². The second-order valence-electron chi connectivity index (χ2n) is 5.21. The Bertz CT molecular complexity index is 885. The number of hydrogen-bond donors (Lipinski definition) is 2. The van der Waals surface area contributed by atoms with Crippen LogP contribution in [0.25, 0.3) is 0 Å². The summed E-state index contributed by atoms with van der Waals surface area (Å²) < 4.78 is 0.691. The Balaban J connectivity index is 1.61. The van der Waals surface area contributed by atoms with Gasteiger partial charge in [0.1, 0.15) is 0 Å². The van der Waals surface area contributed by atoms with Crippen LogP contribution in [0.15, 0.2) is 52.9 Å². The Morgan fingerprint density at radius 1 is 1.08 bits per heavy atom. The second kappa shape index (κ2) is 8.73. The lowest BCUT2D eigenvalue weighted by atomic mass is 10.3. The molecule has 134 valence electrons. The highest BCUT2D eigenvalue weighted by atomic mass is 35.5. The predicted octanol–water partition coefficient (Wildman–Crippen LogP) is 5.71. The van der Waals surface area contributed by atoms with Gasteiger partial charge in [-0.1, -0.05) is 70.6 Å². The monoisotopic (exact) mass is 424 g/mol. The van der Waals surface area contributed by atoms with Gasteiger partial charge in [0.2, 0.25) is 11.0 Å². The molecule has 0 spiro atoms. The Morgan fingerprint density at radius 2 is 1.77 bits per heavy atom. The van der Waals surface area contributed by atoms with Crippen molar-refractivity contribution >= 4 is 68.7 Å². The van der Waals surface area contributed by atoms with Crippen LogP contribution >= 0.6 is 46.3 Å². The summed E-state index contributed by atoms with van der Waals surface area (Å²) in [6.45, 7) is 1.79. The molecule has 0 fully saturated rings. The third kappa shape index (κ3) is 4.88. The number of benzene rings is 2. The van der Waals surface area contributed by atoms with E-state index in [0.717, 1.165) is 5.69 Å². The first kappa shape index (κ1) is 19.0. The maximum absolute atomic E-state index is 12.4. The van der Waals surface area contributed by atoms with E-state index in [2.05, 4.69) is 20.8 Å². The molecule has 1 heterocycles. The summed E-state index contributed by atoms with van der Waals surface area (Å²) in [6, 6.07) is 14.8. The predicted molar refractivity (Wildman–Crippen MR) is 110 cm³/mol. The van der Waals surface area contributed by atoms with Crippen LogP contribution in [0.1, 0.15) is 6.92 Å². The van der Waals surface area contributed by atoms with Crippen molar-refractivity contribution in [1.29, 1.82) is 0 Å². The molecule has 0 saturated heterocycles. The number of nitrogens with zero attached hydrogens (tertiary/aromatic N) is 2. The number of thioether (sulfide) groups is 1. The van der Waals surface area contributed by atoms with Crippen molar-refractivity contribution in [1.82, 2.24) is 10.2 Å². The van der Waals surface area contributed by atoms with Crippen molar-refractivity contribution < 1.29 is 4.79 Å². The average Bonchev–Trinajstić information content (AvgIpc) is 3.05. The molecular weight excluding hydrogens is 411 g/mol. The van der Waals surface area contributed by atoms with Crippen LogP contribution in [0.4, 0.5) is 16.5 Å². The lowest BCUT2D eigenvalue weighted by Gasteiger charge is -2.12. The summed E-state index contributed by atoms with van der Waals surface area (Å²) in [6.07, 6.45) is 0. The molecule has 9 heteroatoms. The largest absolute Gasteiger partial charge is 0.330 e. The lowest BCUT2D eigenvalue weighted by Crippen LogP contribution is -2.22. The van der Waals surface area contributed by atoms with Crippen molar-refractivity contribution in [3.63, 3.8) is 0 Å². The summed E-state index contributed by atoms with van der Waals surface area (Å²) in [5, 5.41) is 15.2. The minimum absolute atomic E-state index is 0.210. The van der Waals surface area contributed by atoms with Crippen LogP contribution in [-0.2, 0) is 4.79 Å². The van der Waals surface area contributed by atoms with Gasteiger partial charge >= 0.3 is 0 Å². The standard InChI is InChI=1S/C17H14Cl2N4OS2/c1-10(15(24)21-14-12(18)8-5-9-13(14)19)25-17-23-22-16(26-17)20-11-6-3-2-4-7-11/h2-10H,1H3,(H,20,22)(H,21,24). The Hall–Kier alpha value is -1.80. The van der Waals surface area contributed by atoms with E-state index in [9.17, 15) is 4.79 Å². The molecule has 1 unspecified atom stereocenters. The Kier molecular flexibility index (Phi) is 6.37. The SMILES string of the molecule is CC(Sc1nnc(Nc2ccccc2)s1)C(=O)Nc1c(Cl)cccc1Cl. The first-order valence-corrected chi connectivity index (χ1v) is 10.1. The van der Waals surface area contributed by atoms with Crippen LogP contribution in [0.3, 0.4) is 0 Å². The van der Waals surface area contributed by atoms with Crippen molar-refractivity contribution in [2.24, 2.45) is 0 Å². The highest BCUT2D eigenvalue weighted by molar-refractivity contribution is 8.02. The molecule has 3 aromatic rings. The van der Waals surface area contributed by atoms with Gasteiger partial charge in [-0.05, 0) is 31.2 Å². The smallest absolute Gasteiger partial charge is 0.237 e. The molecule has 0 bridgehead atoms. The number of carbonyl (C=O) groups excluding carboxylic acids is 1. The molecule has 5 nitrogen and oxygen atoms in total. The van der Waals surface area contributed by atoms with Crippen LogP contribution in [0.2, 0.25) is 10.0 Å². The molecule has 0 radical (unpaired) electrons. The van der Waals surface area contributed by atoms with E-state index in [1.165, 1.54) is 23.1 Å². The maximum atomic E-state index is 12.4. The lowest BCUT2D eigenvalue weighted by molar-refractivity contribution is -0.115. The molecule has 1 amide bonds. The van der Waals surface area contributed by atoms with Crippen LogP contribution in [0.5, 0.6) is 0 Å². The summed E-state index contributed by atoms with van der Waals surface area (Å²) in [4.78, 5) is 12.4. The van der Waals surface area contributed by atoms with E-state index in [0.29, 0.717) is 25.2 Å². The molecule has 1 atom stereocenters. The number of aromatic nitrogens is 2. The number of hydrogen-bond acceptors (Lipinski definition) is 6. The summed E-state index contributed by atoms with van der Waals surface area (Å²) in [7, 11) is 0. The highest BCUT2D eigenvalue weighted by Crippen LogP contribution is 2.33. The van der Waals surface area contributed by atoms with E-state index >= 15 is 0 Å². The molecule has 3 rings (SSSR count). The molecule has 2 N–H and O–H groups in total. The van der Waals surface area contributed by atoms with Crippen molar-refractivity contribution in [3.05, 3.63) is 58.6 Å². The third-order valence-electron chi connectivity index (χ3n) is 3.29. The fourth-order valence-electron chi connectivity index (χ4n) is 2.00. The van der Waals surface area contributed by atoms with Gasteiger partial charge in [-0.15, -0.1) is 10.2 Å². The van der Waals surface area contributed by atoms with E-state index in [1.807, 2.05) is 30.3 Å². The molecule has 2 aromatic carbocycles.